The predicted octanol–water partition coefficient (Wildman–Crippen LogP) is 5.72. The van der Waals surface area contributed by atoms with Crippen molar-refractivity contribution in [2.45, 2.75) is 51.4 Å². The molecule has 4 rings (SSSR count). The second kappa shape index (κ2) is 5.09. The van der Waals surface area contributed by atoms with E-state index >= 15 is 0 Å². The number of hydrogen-bond donors (Lipinski definition) is 0. The summed E-state index contributed by atoms with van der Waals surface area (Å²) in [7, 11) is 0. The lowest BCUT2D eigenvalue weighted by Gasteiger charge is -2.07. The fourth-order valence-corrected chi connectivity index (χ4v) is 3.82. The van der Waals surface area contributed by atoms with Gasteiger partial charge in [0.15, 0.2) is 0 Å². The molecule has 0 nitrogen and oxygen atoms in total. The van der Waals surface area contributed by atoms with Gasteiger partial charge >= 0.3 is 0 Å². The smallest absolute Gasteiger partial charge is 0.00610 e. The molecule has 0 heterocycles. The van der Waals surface area contributed by atoms with Crippen LogP contribution in [-0.2, 0) is 0 Å². The molecule has 0 N–H and O–H groups in total. The average molecular weight is 262 g/mol. The first kappa shape index (κ1) is 12.2. The van der Waals surface area contributed by atoms with Crippen LogP contribution in [0.4, 0.5) is 0 Å². The quantitative estimate of drug-likeness (QED) is 0.610. The van der Waals surface area contributed by atoms with Crippen LogP contribution in [0.5, 0.6) is 0 Å². The summed E-state index contributed by atoms with van der Waals surface area (Å²) in [5.41, 5.74) is 9.50. The largest absolute Gasteiger partial charge is 0.0801 e. The van der Waals surface area contributed by atoms with Crippen LogP contribution in [0.25, 0.3) is 0 Å². The monoisotopic (exact) mass is 262 g/mol. The van der Waals surface area contributed by atoms with Crippen LogP contribution in [0, 0.1) is 0 Å². The Labute approximate surface area is 122 Å². The van der Waals surface area contributed by atoms with Crippen LogP contribution in [0.15, 0.2) is 69.9 Å². The highest BCUT2D eigenvalue weighted by Gasteiger charge is 2.19. The molecule has 0 bridgehead atoms. The first-order chi connectivity index (χ1) is 9.88. The summed E-state index contributed by atoms with van der Waals surface area (Å²) < 4.78 is 0. The fourth-order valence-electron chi connectivity index (χ4n) is 3.82. The molecule has 0 saturated carbocycles. The summed E-state index contributed by atoms with van der Waals surface area (Å²) in [4.78, 5) is 0. The molecule has 0 aliphatic heterocycles. The minimum Gasteiger partial charge on any atom is -0.0801 e. The lowest BCUT2D eigenvalue weighted by atomic mass is 9.98. The summed E-state index contributed by atoms with van der Waals surface area (Å²) in [6, 6.07) is 0. The molecule has 0 saturated heterocycles. The molecule has 0 aromatic heterocycles. The van der Waals surface area contributed by atoms with Crippen molar-refractivity contribution >= 4 is 0 Å². The van der Waals surface area contributed by atoms with Crippen LogP contribution < -0.4 is 0 Å². The van der Waals surface area contributed by atoms with E-state index in [1.54, 1.807) is 22.3 Å². The number of allylic oxidation sites excluding steroid dienone is 12. The first-order valence-electron chi connectivity index (χ1n) is 8.06. The minimum atomic E-state index is 1.21. The van der Waals surface area contributed by atoms with E-state index in [0.717, 1.165) is 0 Å². The summed E-state index contributed by atoms with van der Waals surface area (Å²) in [5.74, 6) is 0. The van der Waals surface area contributed by atoms with E-state index in [0.29, 0.717) is 0 Å². The van der Waals surface area contributed by atoms with Crippen molar-refractivity contribution in [3.63, 3.8) is 0 Å². The predicted molar refractivity (Wildman–Crippen MR) is 85.4 cm³/mol. The SMILES string of the molecule is C1=C(CCC2=CC3=CCCC=C3C2)CC2=CCCC=C12. The Balaban J connectivity index is 1.40. The van der Waals surface area contributed by atoms with Gasteiger partial charge in [-0.1, -0.05) is 47.6 Å². The van der Waals surface area contributed by atoms with Gasteiger partial charge in [0.1, 0.15) is 0 Å². The zero-order valence-electron chi connectivity index (χ0n) is 12.1. The van der Waals surface area contributed by atoms with E-state index < -0.39 is 0 Å². The summed E-state index contributed by atoms with van der Waals surface area (Å²) >= 11 is 0. The second-order valence-electron chi connectivity index (χ2n) is 6.39. The Morgan fingerprint density at radius 1 is 0.600 bits per heavy atom. The lowest BCUT2D eigenvalue weighted by Crippen LogP contribution is -1.88. The minimum absolute atomic E-state index is 1.21. The van der Waals surface area contributed by atoms with E-state index in [2.05, 4.69) is 36.5 Å². The number of rotatable bonds is 3. The van der Waals surface area contributed by atoms with Crippen molar-refractivity contribution in [1.29, 1.82) is 0 Å². The highest BCUT2D eigenvalue weighted by molar-refractivity contribution is 5.53. The Bertz CT molecular complexity index is 558. The molecule has 0 radical (unpaired) electrons. The molecule has 0 fully saturated rings. The van der Waals surface area contributed by atoms with Crippen molar-refractivity contribution in [3.05, 3.63) is 69.9 Å². The van der Waals surface area contributed by atoms with E-state index in [1.165, 1.54) is 62.5 Å². The molecule has 0 unspecified atom stereocenters. The zero-order chi connectivity index (χ0) is 13.4. The van der Waals surface area contributed by atoms with Gasteiger partial charge in [0.2, 0.25) is 0 Å². The van der Waals surface area contributed by atoms with Gasteiger partial charge in [0.25, 0.3) is 0 Å². The Morgan fingerprint density at radius 2 is 1.05 bits per heavy atom. The van der Waals surface area contributed by atoms with Crippen molar-refractivity contribution in [2.24, 2.45) is 0 Å². The van der Waals surface area contributed by atoms with Crippen LogP contribution in [0.1, 0.15) is 51.4 Å². The molecule has 0 amide bonds. The average Bonchev–Trinajstić information content (AvgIpc) is 3.07. The normalized spacial score (nSPS) is 24.0. The van der Waals surface area contributed by atoms with Crippen LogP contribution >= 0.6 is 0 Å². The highest BCUT2D eigenvalue weighted by atomic mass is 14.2. The molecular weight excluding hydrogens is 240 g/mol. The third-order valence-corrected chi connectivity index (χ3v) is 4.91. The maximum absolute atomic E-state index is 2.45. The van der Waals surface area contributed by atoms with E-state index in [9.17, 15) is 0 Å². The molecule has 0 aromatic rings. The van der Waals surface area contributed by atoms with Crippen molar-refractivity contribution in [2.75, 3.05) is 0 Å². The maximum atomic E-state index is 2.45. The third-order valence-electron chi connectivity index (χ3n) is 4.91. The van der Waals surface area contributed by atoms with Crippen molar-refractivity contribution < 1.29 is 0 Å². The standard InChI is InChI=1S/C20H22/c1-2-6-18-12-15(11-17(18)5-1)9-10-16-13-19-7-3-4-8-20(19)14-16/h5-8,11,13H,1-4,9-10,12,14H2. The van der Waals surface area contributed by atoms with E-state index in [-0.39, 0.29) is 0 Å². The van der Waals surface area contributed by atoms with Crippen LogP contribution in [0.3, 0.4) is 0 Å². The van der Waals surface area contributed by atoms with Gasteiger partial charge in [0, 0.05) is 0 Å². The molecular formula is C20H22. The topological polar surface area (TPSA) is 0 Å². The van der Waals surface area contributed by atoms with E-state index in [4.69, 9.17) is 0 Å². The van der Waals surface area contributed by atoms with Gasteiger partial charge < -0.3 is 0 Å². The summed E-state index contributed by atoms with van der Waals surface area (Å²) in [5, 5.41) is 0. The van der Waals surface area contributed by atoms with Gasteiger partial charge in [-0.25, -0.2) is 0 Å². The molecule has 0 aromatic carbocycles. The Hall–Kier alpha value is -1.56. The van der Waals surface area contributed by atoms with Crippen molar-refractivity contribution in [3.8, 4) is 0 Å². The molecule has 102 valence electrons. The van der Waals surface area contributed by atoms with Gasteiger partial charge in [0.05, 0.1) is 0 Å². The zero-order valence-corrected chi connectivity index (χ0v) is 12.1. The summed E-state index contributed by atoms with van der Waals surface area (Å²) in [6.07, 6.45) is 24.5. The maximum Gasteiger partial charge on any atom is -0.00610 e. The van der Waals surface area contributed by atoms with Gasteiger partial charge in [-0.2, -0.15) is 0 Å². The molecule has 4 aliphatic carbocycles. The van der Waals surface area contributed by atoms with Gasteiger partial charge in [-0.05, 0) is 73.7 Å². The lowest BCUT2D eigenvalue weighted by molar-refractivity contribution is 0.876. The number of fused-ring (bicyclic) bond motifs is 2. The molecule has 0 spiro atoms. The molecule has 4 aliphatic rings. The van der Waals surface area contributed by atoms with Crippen molar-refractivity contribution in [1.82, 2.24) is 0 Å². The first-order valence-corrected chi connectivity index (χ1v) is 8.06. The third kappa shape index (κ3) is 2.28. The molecule has 0 heteroatoms. The Morgan fingerprint density at radius 3 is 1.50 bits per heavy atom. The fraction of sp³-hybridized carbons (Fsp3) is 0.400. The van der Waals surface area contributed by atoms with Crippen LogP contribution in [0.2, 0.25) is 0 Å². The van der Waals surface area contributed by atoms with E-state index in [1.807, 2.05) is 0 Å². The highest BCUT2D eigenvalue weighted by Crippen LogP contribution is 2.39. The van der Waals surface area contributed by atoms with Gasteiger partial charge in [-0.3, -0.25) is 0 Å². The second-order valence-corrected chi connectivity index (χ2v) is 6.39. The summed E-state index contributed by atoms with van der Waals surface area (Å²) in [6.45, 7) is 0. The van der Waals surface area contributed by atoms with Crippen LogP contribution in [-0.4, -0.2) is 0 Å². The molecule has 20 heavy (non-hydrogen) atoms. The Kier molecular flexibility index (Phi) is 3.10. The number of hydrogen-bond acceptors (Lipinski definition) is 0. The molecule has 0 atom stereocenters. The van der Waals surface area contributed by atoms with Gasteiger partial charge in [-0.15, -0.1) is 0 Å².